The van der Waals surface area contributed by atoms with Gasteiger partial charge in [0.05, 0.1) is 17.8 Å². The molecule has 1 amide bonds. The number of rotatable bonds is 7. The van der Waals surface area contributed by atoms with Crippen LogP contribution in [0.1, 0.15) is 11.3 Å². The topological polar surface area (TPSA) is 61.4 Å². The Morgan fingerprint density at radius 2 is 1.74 bits per heavy atom. The fourth-order valence-electron chi connectivity index (χ4n) is 3.99. The van der Waals surface area contributed by atoms with Crippen molar-refractivity contribution in [1.82, 2.24) is 19.8 Å². The van der Waals surface area contributed by atoms with Crippen LogP contribution in [0.25, 0.3) is 21.8 Å². The molecular weight excluding hydrogens is 462 g/mol. The second-order valence-electron chi connectivity index (χ2n) is 8.55. The van der Waals surface area contributed by atoms with Gasteiger partial charge in [-0.25, -0.2) is 9.97 Å². The van der Waals surface area contributed by atoms with Gasteiger partial charge >= 0.3 is 0 Å². The van der Waals surface area contributed by atoms with Crippen LogP contribution in [0.2, 0.25) is 0 Å². The Labute approximate surface area is 207 Å². The zero-order valence-corrected chi connectivity index (χ0v) is 20.7. The molecule has 0 aliphatic carbocycles. The average Bonchev–Trinajstić information content (AvgIpc) is 3.51. The van der Waals surface area contributed by atoms with E-state index in [0.29, 0.717) is 5.13 Å². The van der Waals surface area contributed by atoms with E-state index in [4.69, 9.17) is 4.98 Å². The summed E-state index contributed by atoms with van der Waals surface area (Å²) < 4.78 is 0. The largest absolute Gasteiger partial charge is 0.304 e. The van der Waals surface area contributed by atoms with Gasteiger partial charge in [-0.1, -0.05) is 48.5 Å². The second-order valence-corrected chi connectivity index (χ2v) is 10.3. The van der Waals surface area contributed by atoms with E-state index in [2.05, 4.69) is 51.4 Å². The molecule has 0 unspecified atom stereocenters. The normalized spacial score (nSPS) is 14.9. The van der Waals surface area contributed by atoms with Crippen molar-refractivity contribution in [3.8, 4) is 21.8 Å². The number of anilines is 1. The Balaban J connectivity index is 1.19. The van der Waals surface area contributed by atoms with Crippen LogP contribution in [-0.4, -0.2) is 58.9 Å². The van der Waals surface area contributed by atoms with Gasteiger partial charge in [-0.05, 0) is 18.7 Å². The van der Waals surface area contributed by atoms with Crippen LogP contribution < -0.4 is 5.32 Å². The third kappa shape index (κ3) is 5.77. The fourth-order valence-corrected chi connectivity index (χ4v) is 5.54. The van der Waals surface area contributed by atoms with Crippen molar-refractivity contribution < 1.29 is 4.79 Å². The molecule has 0 radical (unpaired) electrons. The maximum atomic E-state index is 12.6. The third-order valence-electron chi connectivity index (χ3n) is 5.89. The van der Waals surface area contributed by atoms with Crippen molar-refractivity contribution >= 4 is 33.7 Å². The van der Waals surface area contributed by atoms with E-state index in [1.807, 2.05) is 41.1 Å². The standard InChI is InChI=1S/C26H27N5OS2/c1-30-10-12-31(13-11-30)16-19-6-5-9-21(14-19)25-27-22(17-33-25)15-24(32)29-26-28-23(18-34-26)20-7-3-2-4-8-20/h2-9,14,17-18H,10-13,15-16H2,1H3,(H,28,29,32). The summed E-state index contributed by atoms with van der Waals surface area (Å²) in [5.41, 5.74) is 5.10. The minimum absolute atomic E-state index is 0.102. The Kier molecular flexibility index (Phi) is 7.10. The molecule has 174 valence electrons. The number of nitrogens with one attached hydrogen (secondary N) is 1. The molecule has 1 aliphatic heterocycles. The van der Waals surface area contributed by atoms with Crippen LogP contribution in [-0.2, 0) is 17.8 Å². The molecule has 1 saturated heterocycles. The summed E-state index contributed by atoms with van der Waals surface area (Å²) in [6.07, 6.45) is 0.234. The van der Waals surface area contributed by atoms with E-state index in [-0.39, 0.29) is 12.3 Å². The summed E-state index contributed by atoms with van der Waals surface area (Å²) >= 11 is 3.02. The van der Waals surface area contributed by atoms with Crippen LogP contribution in [0.4, 0.5) is 5.13 Å². The van der Waals surface area contributed by atoms with Crippen molar-refractivity contribution in [3.63, 3.8) is 0 Å². The first-order chi connectivity index (χ1) is 16.6. The minimum atomic E-state index is -0.102. The molecule has 2 aromatic heterocycles. The Hall–Kier alpha value is -2.91. The quantitative estimate of drug-likeness (QED) is 0.402. The lowest BCUT2D eigenvalue weighted by Crippen LogP contribution is -2.43. The molecule has 0 saturated carbocycles. The summed E-state index contributed by atoms with van der Waals surface area (Å²) in [5, 5.41) is 8.40. The molecule has 0 atom stereocenters. The van der Waals surface area contributed by atoms with Gasteiger partial charge < -0.3 is 10.2 Å². The summed E-state index contributed by atoms with van der Waals surface area (Å²) in [5.74, 6) is -0.102. The van der Waals surface area contributed by atoms with E-state index in [0.717, 1.165) is 60.2 Å². The molecule has 1 N–H and O–H groups in total. The molecule has 4 aromatic rings. The summed E-state index contributed by atoms with van der Waals surface area (Å²) in [6.45, 7) is 5.39. The molecule has 2 aromatic carbocycles. The highest BCUT2D eigenvalue weighted by atomic mass is 32.1. The Bertz CT molecular complexity index is 1240. The zero-order valence-electron chi connectivity index (χ0n) is 19.1. The van der Waals surface area contributed by atoms with Gasteiger partial charge in [0, 0.05) is 54.6 Å². The molecular formula is C26H27N5OS2. The maximum Gasteiger partial charge on any atom is 0.232 e. The van der Waals surface area contributed by atoms with Crippen LogP contribution >= 0.6 is 22.7 Å². The number of carbonyl (C=O) groups excluding carboxylic acids is 1. The first kappa shape index (κ1) is 22.9. The zero-order chi connectivity index (χ0) is 23.3. The lowest BCUT2D eigenvalue weighted by atomic mass is 10.1. The average molecular weight is 490 g/mol. The van der Waals surface area contributed by atoms with E-state index in [9.17, 15) is 4.79 Å². The van der Waals surface area contributed by atoms with Gasteiger partial charge in [0.1, 0.15) is 5.01 Å². The number of hydrogen-bond acceptors (Lipinski definition) is 7. The molecule has 0 bridgehead atoms. The van der Waals surface area contributed by atoms with Crippen LogP contribution in [0.3, 0.4) is 0 Å². The van der Waals surface area contributed by atoms with E-state index in [1.165, 1.54) is 16.9 Å². The van der Waals surface area contributed by atoms with E-state index in [1.54, 1.807) is 11.3 Å². The highest BCUT2D eigenvalue weighted by molar-refractivity contribution is 7.14. The monoisotopic (exact) mass is 489 g/mol. The van der Waals surface area contributed by atoms with Crippen molar-refractivity contribution in [3.05, 3.63) is 76.6 Å². The van der Waals surface area contributed by atoms with Gasteiger partial charge in [0.25, 0.3) is 0 Å². The fraction of sp³-hybridized carbons (Fsp3) is 0.269. The van der Waals surface area contributed by atoms with Gasteiger partial charge in [-0.2, -0.15) is 0 Å². The van der Waals surface area contributed by atoms with Crippen molar-refractivity contribution in [2.75, 3.05) is 38.5 Å². The van der Waals surface area contributed by atoms with Gasteiger partial charge in [-0.3, -0.25) is 9.69 Å². The summed E-state index contributed by atoms with van der Waals surface area (Å²) in [4.78, 5) is 26.7. The number of thiazole rings is 2. The predicted octanol–water partition coefficient (Wildman–Crippen LogP) is 4.86. The number of amides is 1. The maximum absolute atomic E-state index is 12.6. The molecule has 1 fully saturated rings. The van der Waals surface area contributed by atoms with Crippen molar-refractivity contribution in [2.24, 2.45) is 0 Å². The van der Waals surface area contributed by atoms with Gasteiger partial charge in [0.2, 0.25) is 5.91 Å². The van der Waals surface area contributed by atoms with Crippen LogP contribution in [0.5, 0.6) is 0 Å². The molecule has 1 aliphatic rings. The predicted molar refractivity (Wildman–Crippen MR) is 140 cm³/mol. The molecule has 5 rings (SSSR count). The lowest BCUT2D eigenvalue weighted by Gasteiger charge is -2.32. The number of hydrogen-bond donors (Lipinski definition) is 1. The number of likely N-dealkylation sites (N-methyl/N-ethyl adjacent to an activating group) is 1. The number of carbonyl (C=O) groups is 1. The van der Waals surface area contributed by atoms with Crippen LogP contribution in [0.15, 0.2) is 65.4 Å². The third-order valence-corrected chi connectivity index (χ3v) is 7.59. The number of piperazine rings is 1. The van der Waals surface area contributed by atoms with Crippen molar-refractivity contribution in [1.29, 1.82) is 0 Å². The highest BCUT2D eigenvalue weighted by Crippen LogP contribution is 2.27. The molecule has 34 heavy (non-hydrogen) atoms. The van der Waals surface area contributed by atoms with Gasteiger partial charge in [0.15, 0.2) is 5.13 Å². The Morgan fingerprint density at radius 3 is 2.56 bits per heavy atom. The van der Waals surface area contributed by atoms with E-state index >= 15 is 0 Å². The molecule has 8 heteroatoms. The number of nitrogens with zero attached hydrogens (tertiary/aromatic N) is 4. The smallest absolute Gasteiger partial charge is 0.232 e. The lowest BCUT2D eigenvalue weighted by molar-refractivity contribution is -0.115. The first-order valence-electron chi connectivity index (χ1n) is 11.4. The molecule has 6 nitrogen and oxygen atoms in total. The SMILES string of the molecule is CN1CCN(Cc2cccc(-c3nc(CC(=O)Nc4nc(-c5ccccc5)cs4)cs3)c2)CC1. The number of aromatic nitrogens is 2. The summed E-state index contributed by atoms with van der Waals surface area (Å²) in [6, 6.07) is 18.6. The Morgan fingerprint density at radius 1 is 0.941 bits per heavy atom. The van der Waals surface area contributed by atoms with Crippen LogP contribution in [0, 0.1) is 0 Å². The minimum Gasteiger partial charge on any atom is -0.304 e. The molecule has 3 heterocycles. The van der Waals surface area contributed by atoms with Crippen molar-refractivity contribution in [2.45, 2.75) is 13.0 Å². The highest BCUT2D eigenvalue weighted by Gasteiger charge is 2.15. The van der Waals surface area contributed by atoms with Gasteiger partial charge in [-0.15, -0.1) is 22.7 Å². The first-order valence-corrected chi connectivity index (χ1v) is 13.1. The second kappa shape index (κ2) is 10.6. The molecule has 0 spiro atoms. The summed E-state index contributed by atoms with van der Waals surface area (Å²) in [7, 11) is 2.18. The number of benzene rings is 2. The van der Waals surface area contributed by atoms with E-state index < -0.39 is 0 Å².